The van der Waals surface area contributed by atoms with Crippen molar-refractivity contribution >= 4 is 23.2 Å². The molecular weight excluding hydrogens is 258 g/mol. The molecule has 1 saturated heterocycles. The van der Waals surface area contributed by atoms with Gasteiger partial charge in [0.1, 0.15) is 11.8 Å². The third-order valence-electron chi connectivity index (χ3n) is 2.85. The molecule has 2 heterocycles. The van der Waals surface area contributed by atoms with E-state index in [1.165, 1.54) is 23.3 Å². The SMILES string of the molecule is COc1csc(C(=O)N2C[C@H](O)C[C@@H]2C(=O)O)c1. The van der Waals surface area contributed by atoms with E-state index in [0.29, 0.717) is 10.6 Å². The standard InChI is InChI=1S/C11H13NO5S/c1-17-7-3-9(18-5-7)10(14)12-4-6(13)2-8(12)11(15)16/h3,5-6,8,13H,2,4H2,1H3,(H,15,16)/t6-,8-/m1/s1. The maximum atomic E-state index is 12.1. The Kier molecular flexibility index (Phi) is 3.53. The van der Waals surface area contributed by atoms with E-state index in [0.717, 1.165) is 0 Å². The van der Waals surface area contributed by atoms with Gasteiger partial charge in [0.25, 0.3) is 5.91 Å². The molecule has 0 bridgehead atoms. The summed E-state index contributed by atoms with van der Waals surface area (Å²) in [6.07, 6.45) is -0.708. The van der Waals surface area contributed by atoms with Crippen LogP contribution < -0.4 is 4.74 Å². The minimum atomic E-state index is -1.09. The van der Waals surface area contributed by atoms with Gasteiger partial charge in [-0.15, -0.1) is 11.3 Å². The van der Waals surface area contributed by atoms with Crippen molar-refractivity contribution in [2.45, 2.75) is 18.6 Å². The molecule has 1 fully saturated rings. The molecule has 1 aromatic heterocycles. The van der Waals surface area contributed by atoms with Crippen LogP contribution in [-0.4, -0.2) is 52.8 Å². The number of aliphatic hydroxyl groups excluding tert-OH is 1. The van der Waals surface area contributed by atoms with Crippen LogP contribution in [0.15, 0.2) is 11.4 Å². The normalized spacial score (nSPS) is 23.1. The molecule has 7 heteroatoms. The molecule has 0 radical (unpaired) electrons. The highest BCUT2D eigenvalue weighted by Gasteiger charge is 2.39. The third kappa shape index (κ3) is 2.32. The molecule has 1 aliphatic heterocycles. The highest BCUT2D eigenvalue weighted by atomic mass is 32.1. The van der Waals surface area contributed by atoms with Crippen molar-refractivity contribution in [3.05, 3.63) is 16.3 Å². The van der Waals surface area contributed by atoms with Gasteiger partial charge in [0.2, 0.25) is 0 Å². The van der Waals surface area contributed by atoms with Crippen LogP contribution in [-0.2, 0) is 4.79 Å². The maximum Gasteiger partial charge on any atom is 0.326 e. The number of carboxylic acids is 1. The number of carbonyl (C=O) groups is 2. The number of likely N-dealkylation sites (tertiary alicyclic amines) is 1. The van der Waals surface area contributed by atoms with Crippen molar-refractivity contribution in [2.75, 3.05) is 13.7 Å². The lowest BCUT2D eigenvalue weighted by atomic mass is 10.2. The minimum absolute atomic E-state index is 0.0516. The van der Waals surface area contributed by atoms with Crippen LogP contribution in [0.3, 0.4) is 0 Å². The largest absolute Gasteiger partial charge is 0.496 e. The monoisotopic (exact) mass is 271 g/mol. The van der Waals surface area contributed by atoms with E-state index in [9.17, 15) is 14.7 Å². The number of hydrogen-bond donors (Lipinski definition) is 2. The van der Waals surface area contributed by atoms with Gasteiger partial charge in [0, 0.05) is 24.4 Å². The van der Waals surface area contributed by atoms with E-state index in [1.807, 2.05) is 0 Å². The molecule has 0 saturated carbocycles. The van der Waals surface area contributed by atoms with Crippen molar-refractivity contribution in [3.63, 3.8) is 0 Å². The van der Waals surface area contributed by atoms with Gasteiger partial charge in [0.15, 0.2) is 0 Å². The molecule has 0 aromatic carbocycles. The lowest BCUT2D eigenvalue weighted by molar-refractivity contribution is -0.141. The van der Waals surface area contributed by atoms with Gasteiger partial charge >= 0.3 is 5.97 Å². The Hall–Kier alpha value is -1.60. The summed E-state index contributed by atoms with van der Waals surface area (Å²) in [7, 11) is 1.50. The van der Waals surface area contributed by atoms with Crippen molar-refractivity contribution in [3.8, 4) is 5.75 Å². The van der Waals surface area contributed by atoms with E-state index in [2.05, 4.69) is 0 Å². The number of amides is 1. The number of β-amino-alcohol motifs (C(OH)–C–C–N with tert-alkyl or cyclic N) is 1. The summed E-state index contributed by atoms with van der Waals surface area (Å²) in [5.41, 5.74) is 0. The second-order valence-electron chi connectivity index (χ2n) is 4.05. The number of carboxylic acid groups (broad SMARTS) is 1. The highest BCUT2D eigenvalue weighted by Crippen LogP contribution is 2.26. The summed E-state index contributed by atoms with van der Waals surface area (Å²) in [4.78, 5) is 24.8. The first-order valence-electron chi connectivity index (χ1n) is 5.37. The number of nitrogens with zero attached hydrogens (tertiary/aromatic N) is 1. The summed E-state index contributed by atoms with van der Waals surface area (Å²) in [6.45, 7) is 0.0516. The van der Waals surface area contributed by atoms with E-state index < -0.39 is 18.1 Å². The fourth-order valence-electron chi connectivity index (χ4n) is 1.95. The molecule has 2 atom stereocenters. The van der Waals surface area contributed by atoms with Crippen LogP contribution in [0.1, 0.15) is 16.1 Å². The quantitative estimate of drug-likeness (QED) is 0.831. The predicted molar refractivity (Wildman–Crippen MR) is 64.0 cm³/mol. The first-order valence-corrected chi connectivity index (χ1v) is 6.25. The van der Waals surface area contributed by atoms with Crippen molar-refractivity contribution in [1.82, 2.24) is 4.90 Å². The Morgan fingerprint density at radius 1 is 1.56 bits per heavy atom. The Balaban J connectivity index is 2.19. The van der Waals surface area contributed by atoms with Gasteiger partial charge < -0.3 is 19.8 Å². The lowest BCUT2D eigenvalue weighted by Gasteiger charge is -2.20. The fraction of sp³-hybridized carbons (Fsp3) is 0.455. The molecule has 2 N–H and O–H groups in total. The molecule has 1 aliphatic rings. The van der Waals surface area contributed by atoms with Gasteiger partial charge in [-0.3, -0.25) is 4.79 Å². The molecule has 0 aliphatic carbocycles. The number of carbonyl (C=O) groups excluding carboxylic acids is 1. The zero-order chi connectivity index (χ0) is 13.3. The summed E-state index contributed by atoms with van der Waals surface area (Å²) in [6, 6.07) is 0.608. The van der Waals surface area contributed by atoms with Gasteiger partial charge in [-0.25, -0.2) is 4.79 Å². The number of ether oxygens (including phenoxy) is 1. The molecule has 1 aromatic rings. The summed E-state index contributed by atoms with van der Waals surface area (Å²) < 4.78 is 4.98. The summed E-state index contributed by atoms with van der Waals surface area (Å²) >= 11 is 1.19. The molecule has 18 heavy (non-hydrogen) atoms. The van der Waals surface area contributed by atoms with E-state index in [4.69, 9.17) is 9.84 Å². The van der Waals surface area contributed by atoms with E-state index in [1.54, 1.807) is 11.4 Å². The molecule has 1 amide bonds. The second-order valence-corrected chi connectivity index (χ2v) is 4.96. The molecular formula is C11H13NO5S. The Morgan fingerprint density at radius 3 is 2.83 bits per heavy atom. The molecule has 98 valence electrons. The summed E-state index contributed by atoms with van der Waals surface area (Å²) in [5.74, 6) is -0.911. The maximum absolute atomic E-state index is 12.1. The van der Waals surface area contributed by atoms with Gasteiger partial charge in [0.05, 0.1) is 18.1 Å². The molecule has 2 rings (SSSR count). The van der Waals surface area contributed by atoms with Gasteiger partial charge in [-0.05, 0) is 0 Å². The predicted octanol–water partition coefficient (Wildman–Crippen LogP) is 0.417. The van der Waals surface area contributed by atoms with Crippen molar-refractivity contribution < 1.29 is 24.5 Å². The van der Waals surface area contributed by atoms with E-state index in [-0.39, 0.29) is 18.9 Å². The third-order valence-corrected chi connectivity index (χ3v) is 3.74. The topological polar surface area (TPSA) is 87.1 Å². The molecule has 0 spiro atoms. The average Bonchev–Trinajstić information content (AvgIpc) is 2.94. The van der Waals surface area contributed by atoms with Gasteiger partial charge in [-0.1, -0.05) is 0 Å². The zero-order valence-corrected chi connectivity index (χ0v) is 10.5. The van der Waals surface area contributed by atoms with Crippen LogP contribution >= 0.6 is 11.3 Å². The van der Waals surface area contributed by atoms with Crippen LogP contribution in [0.2, 0.25) is 0 Å². The Morgan fingerprint density at radius 2 is 2.28 bits per heavy atom. The Bertz CT molecular complexity index is 472. The van der Waals surface area contributed by atoms with Gasteiger partial charge in [-0.2, -0.15) is 0 Å². The van der Waals surface area contributed by atoms with Crippen LogP contribution in [0.4, 0.5) is 0 Å². The number of thiophene rings is 1. The highest BCUT2D eigenvalue weighted by molar-refractivity contribution is 7.12. The average molecular weight is 271 g/mol. The van der Waals surface area contributed by atoms with Crippen LogP contribution in [0, 0.1) is 0 Å². The number of hydrogen-bond acceptors (Lipinski definition) is 5. The first kappa shape index (κ1) is 12.8. The van der Waals surface area contributed by atoms with Crippen LogP contribution in [0.5, 0.6) is 5.75 Å². The molecule has 0 unspecified atom stereocenters. The number of aliphatic hydroxyl groups is 1. The fourth-order valence-corrected chi connectivity index (χ4v) is 2.76. The zero-order valence-electron chi connectivity index (χ0n) is 9.70. The minimum Gasteiger partial charge on any atom is -0.496 e. The smallest absolute Gasteiger partial charge is 0.326 e. The summed E-state index contributed by atoms with van der Waals surface area (Å²) in [5, 5.41) is 20.2. The Labute approximate surface area is 107 Å². The van der Waals surface area contributed by atoms with E-state index >= 15 is 0 Å². The number of methoxy groups -OCH3 is 1. The van der Waals surface area contributed by atoms with Crippen LogP contribution in [0.25, 0.3) is 0 Å². The molecule has 6 nitrogen and oxygen atoms in total. The van der Waals surface area contributed by atoms with Crippen molar-refractivity contribution in [1.29, 1.82) is 0 Å². The first-order chi connectivity index (χ1) is 8.52. The number of aliphatic carboxylic acids is 1. The lowest BCUT2D eigenvalue weighted by Crippen LogP contribution is -2.40. The second kappa shape index (κ2) is 4.95. The van der Waals surface area contributed by atoms with Crippen molar-refractivity contribution in [2.24, 2.45) is 0 Å². The number of rotatable bonds is 3.